The Morgan fingerprint density at radius 1 is 1.05 bits per heavy atom. The van der Waals surface area contributed by atoms with Crippen LogP contribution in [0.15, 0.2) is 24.3 Å². The molecule has 0 amide bonds. The van der Waals surface area contributed by atoms with Crippen LogP contribution in [-0.4, -0.2) is 30.6 Å². The summed E-state index contributed by atoms with van der Waals surface area (Å²) >= 11 is 0. The lowest BCUT2D eigenvalue weighted by atomic mass is 9.81. The van der Waals surface area contributed by atoms with E-state index in [1.807, 2.05) is 0 Å². The smallest absolute Gasteiger partial charge is 0.0504 e. The highest BCUT2D eigenvalue weighted by Crippen LogP contribution is 2.44. The molecule has 1 unspecified atom stereocenters. The van der Waals surface area contributed by atoms with Crippen molar-refractivity contribution in [3.8, 4) is 0 Å². The standard InChI is InChI=1S/C19H32N2/c1-5-16-10-12-17(13-11-16)18(20-4)19(14-8-9-15-19)21(6-2)7-3/h10-13,18,20H,5-9,14-15H2,1-4H3. The summed E-state index contributed by atoms with van der Waals surface area (Å²) in [6.45, 7) is 9.11. The summed E-state index contributed by atoms with van der Waals surface area (Å²) in [5, 5.41) is 3.65. The first kappa shape index (κ1) is 16.5. The Morgan fingerprint density at radius 2 is 1.62 bits per heavy atom. The second-order valence-electron chi connectivity index (χ2n) is 6.30. The molecule has 1 N–H and O–H groups in total. The number of rotatable bonds is 7. The van der Waals surface area contributed by atoms with Crippen LogP contribution in [0.25, 0.3) is 0 Å². The highest BCUT2D eigenvalue weighted by molar-refractivity contribution is 5.28. The molecular formula is C19H32N2. The first-order chi connectivity index (χ1) is 10.2. The summed E-state index contributed by atoms with van der Waals surface area (Å²) < 4.78 is 0. The van der Waals surface area contributed by atoms with Gasteiger partial charge in [0.15, 0.2) is 0 Å². The van der Waals surface area contributed by atoms with Crippen molar-refractivity contribution in [3.63, 3.8) is 0 Å². The third-order valence-electron chi connectivity index (χ3n) is 5.41. The van der Waals surface area contributed by atoms with Crippen molar-refractivity contribution in [1.29, 1.82) is 0 Å². The second-order valence-corrected chi connectivity index (χ2v) is 6.30. The van der Waals surface area contributed by atoms with E-state index >= 15 is 0 Å². The van der Waals surface area contributed by atoms with Gasteiger partial charge < -0.3 is 5.32 Å². The van der Waals surface area contributed by atoms with Crippen LogP contribution in [-0.2, 0) is 6.42 Å². The molecule has 2 nitrogen and oxygen atoms in total. The van der Waals surface area contributed by atoms with Crippen LogP contribution < -0.4 is 5.32 Å². The topological polar surface area (TPSA) is 15.3 Å². The van der Waals surface area contributed by atoms with E-state index in [2.05, 4.69) is 62.3 Å². The minimum Gasteiger partial charge on any atom is -0.311 e. The minimum absolute atomic E-state index is 0.298. The van der Waals surface area contributed by atoms with Crippen LogP contribution in [0.5, 0.6) is 0 Å². The Labute approximate surface area is 130 Å². The lowest BCUT2D eigenvalue weighted by Gasteiger charge is -2.46. The van der Waals surface area contributed by atoms with Gasteiger partial charge in [0.25, 0.3) is 0 Å². The number of aryl methyl sites for hydroxylation is 1. The van der Waals surface area contributed by atoms with Gasteiger partial charge in [-0.1, -0.05) is 57.9 Å². The van der Waals surface area contributed by atoms with Gasteiger partial charge in [0, 0.05) is 5.54 Å². The molecule has 0 spiro atoms. The molecule has 0 aliphatic heterocycles. The van der Waals surface area contributed by atoms with Crippen molar-refractivity contribution in [2.45, 2.75) is 64.5 Å². The Kier molecular flexibility index (Phi) is 5.83. The zero-order valence-electron chi connectivity index (χ0n) is 14.3. The maximum atomic E-state index is 3.65. The molecule has 0 saturated heterocycles. The quantitative estimate of drug-likeness (QED) is 0.810. The van der Waals surface area contributed by atoms with E-state index in [4.69, 9.17) is 0 Å². The normalized spacial score (nSPS) is 19.1. The van der Waals surface area contributed by atoms with Gasteiger partial charge in [-0.05, 0) is 50.5 Å². The van der Waals surface area contributed by atoms with E-state index in [0.717, 1.165) is 19.5 Å². The van der Waals surface area contributed by atoms with Crippen LogP contribution in [0.1, 0.15) is 63.6 Å². The highest BCUT2D eigenvalue weighted by atomic mass is 15.2. The van der Waals surface area contributed by atoms with E-state index in [-0.39, 0.29) is 0 Å². The third-order valence-corrected chi connectivity index (χ3v) is 5.41. The average molecular weight is 288 g/mol. The molecule has 2 heteroatoms. The van der Waals surface area contributed by atoms with Gasteiger partial charge in [0.05, 0.1) is 6.04 Å². The number of likely N-dealkylation sites (N-methyl/N-ethyl adjacent to an activating group) is 2. The molecule has 1 aliphatic carbocycles. The van der Waals surface area contributed by atoms with E-state index in [0.29, 0.717) is 11.6 Å². The van der Waals surface area contributed by atoms with E-state index in [9.17, 15) is 0 Å². The fourth-order valence-corrected chi connectivity index (χ4v) is 4.32. The molecule has 118 valence electrons. The fourth-order valence-electron chi connectivity index (χ4n) is 4.32. The molecule has 0 aromatic heterocycles. The minimum atomic E-state index is 0.298. The SMILES string of the molecule is CCc1ccc(C(NC)C2(N(CC)CC)CCCC2)cc1. The monoisotopic (exact) mass is 288 g/mol. The van der Waals surface area contributed by atoms with Crippen molar-refractivity contribution < 1.29 is 0 Å². The third kappa shape index (κ3) is 3.17. The van der Waals surface area contributed by atoms with E-state index in [1.165, 1.54) is 36.8 Å². The molecule has 1 fully saturated rings. The van der Waals surface area contributed by atoms with Crippen LogP contribution in [0.2, 0.25) is 0 Å². The molecular weight excluding hydrogens is 256 g/mol. The molecule has 1 saturated carbocycles. The molecule has 1 aliphatic rings. The summed E-state index contributed by atoms with van der Waals surface area (Å²) in [6, 6.07) is 9.70. The van der Waals surface area contributed by atoms with Crippen molar-refractivity contribution in [2.24, 2.45) is 0 Å². The molecule has 1 aromatic carbocycles. The summed E-state index contributed by atoms with van der Waals surface area (Å²) in [6.07, 6.45) is 6.47. The summed E-state index contributed by atoms with van der Waals surface area (Å²) in [7, 11) is 2.13. The predicted molar refractivity (Wildman–Crippen MR) is 91.7 cm³/mol. The maximum Gasteiger partial charge on any atom is 0.0504 e. The molecule has 0 bridgehead atoms. The van der Waals surface area contributed by atoms with Crippen molar-refractivity contribution in [3.05, 3.63) is 35.4 Å². The Hall–Kier alpha value is -0.860. The van der Waals surface area contributed by atoms with Gasteiger partial charge in [-0.25, -0.2) is 0 Å². The van der Waals surface area contributed by atoms with Crippen molar-refractivity contribution >= 4 is 0 Å². The predicted octanol–water partition coefficient (Wildman–Crippen LogP) is 4.16. The fraction of sp³-hybridized carbons (Fsp3) is 0.684. The van der Waals surface area contributed by atoms with Crippen LogP contribution in [0.3, 0.4) is 0 Å². The molecule has 0 radical (unpaired) electrons. The van der Waals surface area contributed by atoms with Crippen molar-refractivity contribution in [1.82, 2.24) is 10.2 Å². The second kappa shape index (κ2) is 7.42. The van der Waals surface area contributed by atoms with Crippen LogP contribution in [0.4, 0.5) is 0 Å². The van der Waals surface area contributed by atoms with Gasteiger partial charge in [0.2, 0.25) is 0 Å². The number of nitrogens with one attached hydrogen (secondary N) is 1. The number of nitrogens with zero attached hydrogens (tertiary/aromatic N) is 1. The van der Waals surface area contributed by atoms with Gasteiger partial charge in [-0.15, -0.1) is 0 Å². The molecule has 2 rings (SSSR count). The molecule has 0 heterocycles. The highest BCUT2D eigenvalue weighted by Gasteiger charge is 2.44. The summed E-state index contributed by atoms with van der Waals surface area (Å²) in [5.41, 5.74) is 3.17. The summed E-state index contributed by atoms with van der Waals surface area (Å²) in [5.74, 6) is 0. The molecule has 1 aromatic rings. The zero-order chi connectivity index (χ0) is 15.3. The van der Waals surface area contributed by atoms with Gasteiger partial charge >= 0.3 is 0 Å². The van der Waals surface area contributed by atoms with Crippen molar-refractivity contribution in [2.75, 3.05) is 20.1 Å². The van der Waals surface area contributed by atoms with E-state index in [1.54, 1.807) is 0 Å². The molecule has 21 heavy (non-hydrogen) atoms. The lowest BCUT2D eigenvalue weighted by molar-refractivity contribution is 0.0655. The average Bonchev–Trinajstić information content (AvgIpc) is 3.00. The van der Waals surface area contributed by atoms with E-state index < -0.39 is 0 Å². The summed E-state index contributed by atoms with van der Waals surface area (Å²) in [4.78, 5) is 2.69. The Bertz CT molecular complexity index is 414. The molecule has 1 atom stereocenters. The number of benzene rings is 1. The van der Waals surface area contributed by atoms with Gasteiger partial charge in [-0.2, -0.15) is 0 Å². The van der Waals surface area contributed by atoms with Gasteiger partial charge in [0.1, 0.15) is 0 Å². The lowest BCUT2D eigenvalue weighted by Crippen LogP contribution is -2.54. The first-order valence-electron chi connectivity index (χ1n) is 8.73. The van der Waals surface area contributed by atoms with Crippen LogP contribution >= 0.6 is 0 Å². The largest absolute Gasteiger partial charge is 0.311 e. The number of hydrogen-bond acceptors (Lipinski definition) is 2. The van der Waals surface area contributed by atoms with Gasteiger partial charge in [-0.3, -0.25) is 4.90 Å². The first-order valence-corrected chi connectivity index (χ1v) is 8.73. The van der Waals surface area contributed by atoms with Crippen LogP contribution in [0, 0.1) is 0 Å². The maximum absolute atomic E-state index is 3.65. The Morgan fingerprint density at radius 3 is 2.05 bits per heavy atom. The number of hydrogen-bond donors (Lipinski definition) is 1. The Balaban J connectivity index is 2.35. The zero-order valence-corrected chi connectivity index (χ0v) is 14.3.